The second kappa shape index (κ2) is 8.42. The van der Waals surface area contributed by atoms with Crippen LogP contribution in [0.25, 0.3) is 11.5 Å². The monoisotopic (exact) mass is 405 g/mol. The first-order valence-electron chi connectivity index (χ1n) is 8.18. The third kappa shape index (κ3) is 4.69. The van der Waals surface area contributed by atoms with Crippen LogP contribution >= 0.6 is 0 Å². The average Bonchev–Trinajstić information content (AvgIpc) is 3.18. The Labute approximate surface area is 162 Å². The first-order valence-corrected chi connectivity index (χ1v) is 8.18. The van der Waals surface area contributed by atoms with E-state index in [9.17, 15) is 23.7 Å². The van der Waals surface area contributed by atoms with Gasteiger partial charge in [0.1, 0.15) is 11.3 Å². The number of aromatic nitrogens is 2. The summed E-state index contributed by atoms with van der Waals surface area (Å²) in [7, 11) is 0. The number of esters is 1. The molecular weight excluding hydrogens is 392 g/mol. The fourth-order valence-electron chi connectivity index (χ4n) is 2.35. The lowest BCUT2D eigenvalue weighted by atomic mass is 10.2. The Bertz CT molecular complexity index is 1020. The van der Waals surface area contributed by atoms with E-state index < -0.39 is 23.6 Å². The fraction of sp³-hybridized carbons (Fsp3) is 0.167. The van der Waals surface area contributed by atoms with E-state index in [1.807, 2.05) is 0 Å². The van der Waals surface area contributed by atoms with Gasteiger partial charge in [0.15, 0.2) is 6.10 Å². The second-order valence-corrected chi connectivity index (χ2v) is 5.67. The Balaban J connectivity index is 1.73. The maximum absolute atomic E-state index is 12.5. The van der Waals surface area contributed by atoms with Gasteiger partial charge in [0.05, 0.1) is 4.92 Å². The van der Waals surface area contributed by atoms with Gasteiger partial charge in [-0.3, -0.25) is 10.1 Å². The largest absolute Gasteiger partial charge is 0.449 e. The Morgan fingerprint density at radius 2 is 1.83 bits per heavy atom. The maximum Gasteiger partial charge on any atom is 0.387 e. The molecule has 3 aromatic rings. The minimum Gasteiger partial charge on any atom is -0.449 e. The van der Waals surface area contributed by atoms with Gasteiger partial charge in [0.25, 0.3) is 11.6 Å². The molecule has 11 heteroatoms. The molecule has 0 saturated carbocycles. The van der Waals surface area contributed by atoms with Gasteiger partial charge in [0.2, 0.25) is 5.89 Å². The van der Waals surface area contributed by atoms with E-state index in [0.29, 0.717) is 5.56 Å². The molecule has 0 fully saturated rings. The Morgan fingerprint density at radius 1 is 1.14 bits per heavy atom. The lowest BCUT2D eigenvalue weighted by molar-refractivity contribution is -0.384. The summed E-state index contributed by atoms with van der Waals surface area (Å²) in [6.07, 6.45) is -0.985. The number of ether oxygens (including phenoxy) is 2. The van der Waals surface area contributed by atoms with Crippen LogP contribution in [0, 0.1) is 10.1 Å². The highest BCUT2D eigenvalue weighted by Gasteiger charge is 2.23. The molecule has 1 aromatic heterocycles. The number of rotatable bonds is 7. The van der Waals surface area contributed by atoms with Gasteiger partial charge in [-0.15, -0.1) is 10.2 Å². The number of carbonyl (C=O) groups excluding carboxylic acids is 1. The number of nitro groups is 1. The van der Waals surface area contributed by atoms with Gasteiger partial charge >= 0.3 is 12.6 Å². The normalized spacial score (nSPS) is 11.9. The molecule has 0 saturated heterocycles. The van der Waals surface area contributed by atoms with Gasteiger partial charge < -0.3 is 13.9 Å². The molecule has 0 aliphatic heterocycles. The quantitative estimate of drug-likeness (QED) is 0.327. The summed E-state index contributed by atoms with van der Waals surface area (Å²) in [6, 6.07) is 10.8. The molecule has 0 aliphatic carbocycles. The smallest absolute Gasteiger partial charge is 0.387 e. The average molecular weight is 405 g/mol. The van der Waals surface area contributed by atoms with E-state index in [0.717, 1.165) is 0 Å². The number of carbonyl (C=O) groups is 1. The summed E-state index contributed by atoms with van der Waals surface area (Å²) in [6.45, 7) is -1.64. The standard InChI is InChI=1S/C18H13F2N3O6/c1-10(27-17(24)13-4-2-3-5-14(13)28-18(19)20)15-21-22-16(29-15)11-6-8-12(9-7-11)23(25)26/h2-10,18H,1H3/t10-/m1/s1. The van der Waals surface area contributed by atoms with Crippen molar-refractivity contribution in [2.24, 2.45) is 0 Å². The molecule has 0 bridgehead atoms. The number of nitro benzene ring substituents is 1. The van der Waals surface area contributed by atoms with Crippen molar-refractivity contribution in [3.05, 3.63) is 70.1 Å². The van der Waals surface area contributed by atoms with Gasteiger partial charge in [-0.05, 0) is 31.2 Å². The number of para-hydroxylation sites is 1. The molecule has 9 nitrogen and oxygen atoms in total. The zero-order valence-electron chi connectivity index (χ0n) is 14.8. The summed E-state index contributed by atoms with van der Waals surface area (Å²) in [5.74, 6) is -1.21. The lowest BCUT2D eigenvalue weighted by Crippen LogP contribution is -2.12. The Hall–Kier alpha value is -3.89. The molecule has 2 aromatic carbocycles. The van der Waals surface area contributed by atoms with Gasteiger partial charge in [-0.25, -0.2) is 4.79 Å². The van der Waals surface area contributed by atoms with E-state index in [1.54, 1.807) is 0 Å². The molecule has 1 heterocycles. The topological polar surface area (TPSA) is 118 Å². The van der Waals surface area contributed by atoms with Crippen molar-refractivity contribution in [3.63, 3.8) is 0 Å². The van der Waals surface area contributed by atoms with Crippen LogP contribution in [0.5, 0.6) is 5.75 Å². The van der Waals surface area contributed by atoms with Gasteiger partial charge in [-0.1, -0.05) is 12.1 Å². The zero-order chi connectivity index (χ0) is 21.0. The highest BCUT2D eigenvalue weighted by molar-refractivity contribution is 5.92. The molecule has 0 unspecified atom stereocenters. The summed E-state index contributed by atoms with van der Waals surface area (Å²) >= 11 is 0. The van der Waals surface area contributed by atoms with Crippen LogP contribution in [0.3, 0.4) is 0 Å². The lowest BCUT2D eigenvalue weighted by Gasteiger charge is -2.12. The van der Waals surface area contributed by atoms with Crippen LogP contribution in [-0.2, 0) is 4.74 Å². The SMILES string of the molecule is C[C@@H](OC(=O)c1ccccc1OC(F)F)c1nnc(-c2ccc([N+](=O)[O-])cc2)o1. The molecular formula is C18H13F2N3O6. The molecule has 0 amide bonds. The third-order valence-electron chi connectivity index (χ3n) is 3.72. The van der Waals surface area contributed by atoms with E-state index in [-0.39, 0.29) is 28.8 Å². The molecule has 29 heavy (non-hydrogen) atoms. The van der Waals surface area contributed by atoms with Crippen LogP contribution in [0.2, 0.25) is 0 Å². The first-order chi connectivity index (χ1) is 13.8. The fourth-order valence-corrected chi connectivity index (χ4v) is 2.35. The van der Waals surface area contributed by atoms with Crippen molar-refractivity contribution in [3.8, 4) is 17.2 Å². The predicted octanol–water partition coefficient (Wildman–Crippen LogP) is 4.16. The van der Waals surface area contributed by atoms with Gasteiger partial charge in [-0.2, -0.15) is 8.78 Å². The molecule has 3 rings (SSSR count). The van der Waals surface area contributed by atoms with Crippen molar-refractivity contribution in [2.45, 2.75) is 19.6 Å². The van der Waals surface area contributed by atoms with Crippen LogP contribution in [-0.4, -0.2) is 27.7 Å². The Kier molecular flexibility index (Phi) is 5.77. The number of hydrogen-bond acceptors (Lipinski definition) is 8. The van der Waals surface area contributed by atoms with Crippen molar-refractivity contribution in [2.75, 3.05) is 0 Å². The van der Waals surface area contributed by atoms with Crippen LogP contribution in [0.1, 0.15) is 29.3 Å². The van der Waals surface area contributed by atoms with E-state index in [2.05, 4.69) is 14.9 Å². The molecule has 0 spiro atoms. The minimum absolute atomic E-state index is 0.0426. The summed E-state index contributed by atoms with van der Waals surface area (Å²) in [5.41, 5.74) is 0.152. The van der Waals surface area contributed by atoms with Crippen LogP contribution in [0.15, 0.2) is 52.9 Å². The van der Waals surface area contributed by atoms with Crippen molar-refractivity contribution < 1.29 is 32.4 Å². The molecule has 150 valence electrons. The van der Waals surface area contributed by atoms with Crippen molar-refractivity contribution >= 4 is 11.7 Å². The van der Waals surface area contributed by atoms with Gasteiger partial charge in [0, 0.05) is 17.7 Å². The highest BCUT2D eigenvalue weighted by atomic mass is 19.3. The van der Waals surface area contributed by atoms with Crippen molar-refractivity contribution in [1.82, 2.24) is 10.2 Å². The molecule has 0 N–H and O–H groups in total. The zero-order valence-corrected chi connectivity index (χ0v) is 14.8. The number of hydrogen-bond donors (Lipinski definition) is 0. The van der Waals surface area contributed by atoms with E-state index in [4.69, 9.17) is 9.15 Å². The third-order valence-corrected chi connectivity index (χ3v) is 3.72. The maximum atomic E-state index is 12.5. The van der Waals surface area contributed by atoms with Crippen LogP contribution < -0.4 is 4.74 Å². The molecule has 0 aliphatic rings. The predicted molar refractivity (Wildman–Crippen MR) is 93.3 cm³/mol. The summed E-state index contributed by atoms with van der Waals surface area (Å²) in [5, 5.41) is 18.3. The molecule has 1 atom stereocenters. The second-order valence-electron chi connectivity index (χ2n) is 5.67. The Morgan fingerprint density at radius 3 is 2.48 bits per heavy atom. The van der Waals surface area contributed by atoms with Crippen molar-refractivity contribution in [1.29, 1.82) is 0 Å². The first kappa shape index (κ1) is 19.9. The highest BCUT2D eigenvalue weighted by Crippen LogP contribution is 2.27. The molecule has 0 radical (unpaired) electrons. The number of benzene rings is 2. The number of nitrogens with zero attached hydrogens (tertiary/aromatic N) is 3. The summed E-state index contributed by atoms with van der Waals surface area (Å²) in [4.78, 5) is 22.5. The van der Waals surface area contributed by atoms with E-state index >= 15 is 0 Å². The van der Waals surface area contributed by atoms with E-state index in [1.165, 1.54) is 55.5 Å². The number of halogens is 2. The minimum atomic E-state index is -3.10. The summed E-state index contributed by atoms with van der Waals surface area (Å²) < 4.78 is 39.9. The number of alkyl halides is 2. The number of non-ortho nitro benzene ring substituents is 1. The van der Waals surface area contributed by atoms with Crippen LogP contribution in [0.4, 0.5) is 14.5 Å².